The maximum atomic E-state index is 8.92. The van der Waals surface area contributed by atoms with Gasteiger partial charge in [-0.25, -0.2) is 0 Å². The Labute approximate surface area is 84.9 Å². The number of thiophene rings is 1. The molecule has 0 radical (unpaired) electrons. The Hall–Kier alpha value is -0.120. The SMILES string of the molecule is CCC(=Cc1ccc(Br)s1)CO. The smallest absolute Gasteiger partial charge is 0.0704 e. The molecule has 0 amide bonds. The lowest BCUT2D eigenvalue weighted by atomic mass is 10.2. The number of halogens is 1. The fourth-order valence-electron chi connectivity index (χ4n) is 0.867. The van der Waals surface area contributed by atoms with Gasteiger partial charge in [0, 0.05) is 4.88 Å². The summed E-state index contributed by atoms with van der Waals surface area (Å²) in [6.07, 6.45) is 2.95. The van der Waals surface area contributed by atoms with Crippen molar-refractivity contribution in [1.29, 1.82) is 0 Å². The van der Waals surface area contributed by atoms with Gasteiger partial charge < -0.3 is 5.11 Å². The molecule has 0 aromatic carbocycles. The quantitative estimate of drug-likeness (QED) is 0.868. The number of hydrogen-bond acceptors (Lipinski definition) is 2. The minimum absolute atomic E-state index is 0.159. The molecule has 0 aliphatic heterocycles. The summed E-state index contributed by atoms with van der Waals surface area (Å²) in [5.41, 5.74) is 1.07. The van der Waals surface area contributed by atoms with Crippen molar-refractivity contribution in [2.75, 3.05) is 6.61 Å². The van der Waals surface area contributed by atoms with Crippen LogP contribution >= 0.6 is 27.3 Å². The Morgan fingerprint density at radius 2 is 2.42 bits per heavy atom. The third kappa shape index (κ3) is 2.73. The lowest BCUT2D eigenvalue weighted by Gasteiger charge is -1.96. The van der Waals surface area contributed by atoms with Crippen molar-refractivity contribution in [3.8, 4) is 0 Å². The minimum Gasteiger partial charge on any atom is -0.392 e. The first kappa shape index (κ1) is 9.96. The van der Waals surface area contributed by atoms with Crippen molar-refractivity contribution in [3.05, 3.63) is 26.4 Å². The van der Waals surface area contributed by atoms with E-state index >= 15 is 0 Å². The van der Waals surface area contributed by atoms with Gasteiger partial charge in [-0.3, -0.25) is 0 Å². The molecule has 66 valence electrons. The molecule has 1 N–H and O–H groups in total. The molecule has 1 heterocycles. The molecular weight excluding hydrogens is 236 g/mol. The Morgan fingerprint density at radius 3 is 2.83 bits per heavy atom. The van der Waals surface area contributed by atoms with E-state index in [1.54, 1.807) is 11.3 Å². The summed E-state index contributed by atoms with van der Waals surface area (Å²) in [6, 6.07) is 4.06. The van der Waals surface area contributed by atoms with Crippen LogP contribution in [0, 0.1) is 0 Å². The monoisotopic (exact) mass is 246 g/mol. The van der Waals surface area contributed by atoms with Gasteiger partial charge >= 0.3 is 0 Å². The van der Waals surface area contributed by atoms with Crippen molar-refractivity contribution >= 4 is 33.3 Å². The average Bonchev–Trinajstić information content (AvgIpc) is 2.47. The lowest BCUT2D eigenvalue weighted by Crippen LogP contribution is -1.86. The molecule has 0 atom stereocenters. The highest BCUT2D eigenvalue weighted by Crippen LogP contribution is 2.24. The molecule has 0 aliphatic rings. The summed E-state index contributed by atoms with van der Waals surface area (Å²) in [4.78, 5) is 1.19. The summed E-state index contributed by atoms with van der Waals surface area (Å²) in [5.74, 6) is 0. The molecule has 3 heteroatoms. The zero-order chi connectivity index (χ0) is 8.97. The minimum atomic E-state index is 0.159. The second-order valence-corrected chi connectivity index (χ2v) is 4.95. The first-order chi connectivity index (χ1) is 5.76. The van der Waals surface area contributed by atoms with Crippen LogP contribution in [-0.2, 0) is 0 Å². The van der Waals surface area contributed by atoms with E-state index in [0.717, 1.165) is 15.8 Å². The van der Waals surface area contributed by atoms with Crippen molar-refractivity contribution in [3.63, 3.8) is 0 Å². The highest BCUT2D eigenvalue weighted by atomic mass is 79.9. The van der Waals surface area contributed by atoms with Crippen LogP contribution in [0.2, 0.25) is 0 Å². The molecule has 0 fully saturated rings. The first-order valence-electron chi connectivity index (χ1n) is 3.82. The normalized spacial score (nSPS) is 12.1. The van der Waals surface area contributed by atoms with Crippen LogP contribution in [0.25, 0.3) is 6.08 Å². The van der Waals surface area contributed by atoms with Crippen LogP contribution < -0.4 is 0 Å². The second-order valence-electron chi connectivity index (χ2n) is 2.46. The molecule has 0 saturated heterocycles. The van der Waals surface area contributed by atoms with Gasteiger partial charge in [-0.2, -0.15) is 0 Å². The van der Waals surface area contributed by atoms with E-state index in [-0.39, 0.29) is 6.61 Å². The van der Waals surface area contributed by atoms with Gasteiger partial charge in [-0.05, 0) is 46.1 Å². The Morgan fingerprint density at radius 1 is 1.67 bits per heavy atom. The Balaban J connectivity index is 2.78. The molecule has 1 nitrogen and oxygen atoms in total. The van der Waals surface area contributed by atoms with Gasteiger partial charge in [-0.15, -0.1) is 11.3 Å². The standard InChI is InChI=1S/C9H11BrOS/c1-2-7(6-11)5-8-3-4-9(10)12-8/h3-5,11H,2,6H2,1H3. The third-order valence-electron chi connectivity index (χ3n) is 1.60. The Bertz CT molecular complexity index is 272. The van der Waals surface area contributed by atoms with Crippen LogP contribution in [0.3, 0.4) is 0 Å². The topological polar surface area (TPSA) is 20.2 Å². The van der Waals surface area contributed by atoms with Crippen LogP contribution in [-0.4, -0.2) is 11.7 Å². The highest BCUT2D eigenvalue weighted by molar-refractivity contribution is 9.11. The zero-order valence-corrected chi connectivity index (χ0v) is 9.28. The summed E-state index contributed by atoms with van der Waals surface area (Å²) in [5, 5.41) is 8.92. The van der Waals surface area contributed by atoms with Gasteiger partial charge in [0.2, 0.25) is 0 Å². The number of aliphatic hydroxyl groups is 1. The summed E-state index contributed by atoms with van der Waals surface area (Å²) in [6.45, 7) is 2.21. The van der Waals surface area contributed by atoms with E-state index < -0.39 is 0 Å². The molecule has 1 rings (SSSR count). The number of rotatable bonds is 3. The predicted molar refractivity (Wildman–Crippen MR) is 57.4 cm³/mol. The van der Waals surface area contributed by atoms with Crippen molar-refractivity contribution in [1.82, 2.24) is 0 Å². The van der Waals surface area contributed by atoms with Crippen molar-refractivity contribution in [2.45, 2.75) is 13.3 Å². The molecule has 0 spiro atoms. The largest absolute Gasteiger partial charge is 0.392 e. The number of hydrogen-bond donors (Lipinski definition) is 1. The van der Waals surface area contributed by atoms with Gasteiger partial charge in [0.25, 0.3) is 0 Å². The summed E-state index contributed by atoms with van der Waals surface area (Å²) >= 11 is 5.07. The van der Waals surface area contributed by atoms with E-state index in [1.807, 2.05) is 25.1 Å². The van der Waals surface area contributed by atoms with Crippen LogP contribution in [0.4, 0.5) is 0 Å². The maximum Gasteiger partial charge on any atom is 0.0704 e. The molecule has 0 aliphatic carbocycles. The van der Waals surface area contributed by atoms with Gasteiger partial charge in [0.1, 0.15) is 0 Å². The van der Waals surface area contributed by atoms with Gasteiger partial charge in [0.15, 0.2) is 0 Å². The zero-order valence-electron chi connectivity index (χ0n) is 6.88. The lowest BCUT2D eigenvalue weighted by molar-refractivity contribution is 0.329. The molecule has 1 aromatic rings. The van der Waals surface area contributed by atoms with Crippen molar-refractivity contribution < 1.29 is 5.11 Å². The first-order valence-corrected chi connectivity index (χ1v) is 5.43. The number of aliphatic hydroxyl groups excluding tert-OH is 1. The highest BCUT2D eigenvalue weighted by Gasteiger charge is 1.96. The van der Waals surface area contributed by atoms with Crippen LogP contribution in [0.5, 0.6) is 0 Å². The van der Waals surface area contributed by atoms with Gasteiger partial charge in [0.05, 0.1) is 10.4 Å². The fraction of sp³-hybridized carbons (Fsp3) is 0.333. The molecule has 0 unspecified atom stereocenters. The molecule has 1 aromatic heterocycles. The Kier molecular flexibility index (Phi) is 3.98. The molecule has 0 saturated carbocycles. The van der Waals surface area contributed by atoms with E-state index in [0.29, 0.717) is 0 Å². The van der Waals surface area contributed by atoms with E-state index in [1.165, 1.54) is 4.88 Å². The van der Waals surface area contributed by atoms with E-state index in [4.69, 9.17) is 5.11 Å². The van der Waals surface area contributed by atoms with E-state index in [9.17, 15) is 0 Å². The average molecular weight is 247 g/mol. The van der Waals surface area contributed by atoms with E-state index in [2.05, 4.69) is 15.9 Å². The predicted octanol–water partition coefficient (Wildman–Crippen LogP) is 3.30. The van der Waals surface area contributed by atoms with Crippen molar-refractivity contribution in [2.24, 2.45) is 0 Å². The molecule has 12 heavy (non-hydrogen) atoms. The van der Waals surface area contributed by atoms with Crippen LogP contribution in [0.1, 0.15) is 18.2 Å². The molecule has 0 bridgehead atoms. The third-order valence-corrected chi connectivity index (χ3v) is 3.17. The second kappa shape index (κ2) is 4.80. The van der Waals surface area contributed by atoms with Crippen LogP contribution in [0.15, 0.2) is 21.5 Å². The fourth-order valence-corrected chi connectivity index (χ4v) is 2.28. The van der Waals surface area contributed by atoms with Gasteiger partial charge in [-0.1, -0.05) is 6.92 Å². The summed E-state index contributed by atoms with van der Waals surface area (Å²) in [7, 11) is 0. The maximum absolute atomic E-state index is 8.92. The molecular formula is C9H11BrOS. The summed E-state index contributed by atoms with van der Waals surface area (Å²) < 4.78 is 1.13.